The fraction of sp³-hybridized carbons (Fsp3) is 0.167. The third-order valence-corrected chi connectivity index (χ3v) is 6.36. The fourth-order valence-electron chi connectivity index (χ4n) is 3.80. The van der Waals surface area contributed by atoms with Crippen LogP contribution < -0.4 is 9.64 Å². The number of methoxy groups -OCH3 is 1. The van der Waals surface area contributed by atoms with Gasteiger partial charge in [-0.25, -0.2) is 4.39 Å². The summed E-state index contributed by atoms with van der Waals surface area (Å²) in [5.74, 6) is -2.45. The van der Waals surface area contributed by atoms with E-state index in [0.29, 0.717) is 5.69 Å². The van der Waals surface area contributed by atoms with Gasteiger partial charge in [-0.2, -0.15) is 0 Å². The van der Waals surface area contributed by atoms with Gasteiger partial charge in [-0.1, -0.05) is 12.1 Å². The van der Waals surface area contributed by atoms with Crippen LogP contribution in [0.5, 0.6) is 5.75 Å². The van der Waals surface area contributed by atoms with Gasteiger partial charge in [0.25, 0.3) is 11.7 Å². The quantitative estimate of drug-likeness (QED) is 0.349. The van der Waals surface area contributed by atoms with E-state index in [2.05, 4.69) is 0 Å². The Morgan fingerprint density at radius 1 is 1.13 bits per heavy atom. The van der Waals surface area contributed by atoms with Crippen molar-refractivity contribution < 1.29 is 23.8 Å². The number of hydrogen-bond acceptors (Lipinski definition) is 5. The molecule has 1 unspecified atom stereocenters. The van der Waals surface area contributed by atoms with Crippen molar-refractivity contribution in [3.8, 4) is 5.75 Å². The van der Waals surface area contributed by atoms with Crippen molar-refractivity contribution in [2.45, 2.75) is 19.9 Å². The predicted octanol–water partition coefficient (Wildman–Crippen LogP) is 5.14. The second-order valence-electron chi connectivity index (χ2n) is 7.32. The smallest absolute Gasteiger partial charge is 0.300 e. The number of carbonyl (C=O) groups excluding carboxylic acids is 2. The summed E-state index contributed by atoms with van der Waals surface area (Å²) in [6, 6.07) is 12.0. The monoisotopic (exact) mass is 437 g/mol. The van der Waals surface area contributed by atoms with Gasteiger partial charge in [0.2, 0.25) is 0 Å². The van der Waals surface area contributed by atoms with E-state index < -0.39 is 29.3 Å². The van der Waals surface area contributed by atoms with Crippen LogP contribution >= 0.6 is 11.3 Å². The van der Waals surface area contributed by atoms with Gasteiger partial charge in [0.05, 0.1) is 18.2 Å². The molecule has 1 aromatic heterocycles. The largest absolute Gasteiger partial charge is 0.507 e. The molecule has 0 bridgehead atoms. The average Bonchev–Trinajstić information content (AvgIpc) is 3.28. The number of thiophene rings is 1. The van der Waals surface area contributed by atoms with Crippen molar-refractivity contribution in [1.29, 1.82) is 0 Å². The minimum Gasteiger partial charge on any atom is -0.507 e. The van der Waals surface area contributed by atoms with Gasteiger partial charge in [0.1, 0.15) is 23.4 Å². The molecule has 0 spiro atoms. The van der Waals surface area contributed by atoms with Crippen molar-refractivity contribution in [2.24, 2.45) is 0 Å². The number of aliphatic hydroxyl groups excluding tert-OH is 1. The highest BCUT2D eigenvalue weighted by Gasteiger charge is 2.48. The number of Topliss-reactive ketones (excluding diaryl/α,β-unsaturated/α-hetero) is 1. The van der Waals surface area contributed by atoms with Crippen LogP contribution in [-0.2, 0) is 9.59 Å². The van der Waals surface area contributed by atoms with E-state index in [1.807, 2.05) is 37.4 Å². The second kappa shape index (κ2) is 8.00. The molecule has 0 aliphatic carbocycles. The first-order valence-corrected chi connectivity index (χ1v) is 10.5. The Kier molecular flexibility index (Phi) is 5.37. The molecule has 2 aromatic carbocycles. The van der Waals surface area contributed by atoms with Crippen LogP contribution in [0.4, 0.5) is 10.1 Å². The van der Waals surface area contributed by atoms with Crippen LogP contribution in [0.25, 0.3) is 5.76 Å². The van der Waals surface area contributed by atoms with Gasteiger partial charge in [-0.15, -0.1) is 11.3 Å². The number of aliphatic hydroxyl groups is 1. The van der Waals surface area contributed by atoms with Gasteiger partial charge in [0.15, 0.2) is 0 Å². The highest BCUT2D eigenvalue weighted by atomic mass is 32.1. The molecule has 1 atom stereocenters. The molecule has 3 aromatic rings. The Bertz CT molecular complexity index is 1230. The van der Waals surface area contributed by atoms with Gasteiger partial charge in [-0.3, -0.25) is 14.5 Å². The zero-order chi connectivity index (χ0) is 22.3. The van der Waals surface area contributed by atoms with Gasteiger partial charge >= 0.3 is 0 Å². The molecule has 31 heavy (non-hydrogen) atoms. The van der Waals surface area contributed by atoms with Crippen molar-refractivity contribution in [3.05, 3.63) is 86.9 Å². The number of carbonyl (C=O) groups is 2. The van der Waals surface area contributed by atoms with Crippen LogP contribution in [0.3, 0.4) is 0 Å². The first kappa shape index (κ1) is 20.8. The molecule has 7 heteroatoms. The van der Waals surface area contributed by atoms with Crippen LogP contribution in [-0.4, -0.2) is 23.9 Å². The second-order valence-corrected chi connectivity index (χ2v) is 8.27. The van der Waals surface area contributed by atoms with E-state index in [-0.39, 0.29) is 16.9 Å². The Morgan fingerprint density at radius 2 is 1.90 bits per heavy atom. The molecular weight excluding hydrogens is 417 g/mol. The SMILES string of the molecule is COc1ccc(F)cc1/C(O)=C1\C(=O)C(=O)N(c2cccc(C)c2)C1c1sccc1C. The van der Waals surface area contributed by atoms with Gasteiger partial charge < -0.3 is 9.84 Å². The third kappa shape index (κ3) is 3.51. The molecule has 0 radical (unpaired) electrons. The maximum atomic E-state index is 14.0. The number of nitrogens with zero attached hydrogens (tertiary/aromatic N) is 1. The number of ether oxygens (including phenoxy) is 1. The van der Waals surface area contributed by atoms with Crippen molar-refractivity contribution in [1.82, 2.24) is 0 Å². The van der Waals surface area contributed by atoms with E-state index in [4.69, 9.17) is 4.74 Å². The van der Waals surface area contributed by atoms with Crippen molar-refractivity contribution >= 4 is 34.5 Å². The van der Waals surface area contributed by atoms with E-state index in [9.17, 15) is 19.1 Å². The standard InChI is InChI=1S/C24H20FNO4S/c1-13-5-4-6-16(11-13)26-20(23-14(2)9-10-31-23)19(22(28)24(26)29)21(27)17-12-15(25)7-8-18(17)30-3/h4-12,20,27H,1-3H3/b21-19+. The van der Waals surface area contributed by atoms with Crippen molar-refractivity contribution in [2.75, 3.05) is 12.0 Å². The molecule has 1 amide bonds. The molecule has 1 aliphatic heterocycles. The average molecular weight is 437 g/mol. The minimum absolute atomic E-state index is 0.0175. The molecule has 158 valence electrons. The van der Waals surface area contributed by atoms with E-state index in [1.165, 1.54) is 35.5 Å². The summed E-state index contributed by atoms with van der Waals surface area (Å²) in [5.41, 5.74) is 2.27. The van der Waals surface area contributed by atoms with Crippen LogP contribution in [0.1, 0.15) is 27.6 Å². The Morgan fingerprint density at radius 3 is 2.55 bits per heavy atom. The normalized spacial score (nSPS) is 17.9. The summed E-state index contributed by atoms with van der Waals surface area (Å²) < 4.78 is 19.2. The number of hydrogen-bond donors (Lipinski definition) is 1. The Hall–Kier alpha value is -3.45. The molecular formula is C24H20FNO4S. The Balaban J connectivity index is 2.00. The lowest BCUT2D eigenvalue weighted by atomic mass is 9.97. The van der Waals surface area contributed by atoms with E-state index >= 15 is 0 Å². The van der Waals surface area contributed by atoms with Gasteiger partial charge in [-0.05, 0) is 66.8 Å². The first-order valence-electron chi connectivity index (χ1n) is 9.59. The van der Waals surface area contributed by atoms with E-state index in [0.717, 1.165) is 22.1 Å². The number of halogens is 1. The van der Waals surface area contributed by atoms with Crippen LogP contribution in [0, 0.1) is 19.7 Å². The zero-order valence-corrected chi connectivity index (χ0v) is 18.0. The summed E-state index contributed by atoms with van der Waals surface area (Å²) in [6.07, 6.45) is 0. The lowest BCUT2D eigenvalue weighted by Crippen LogP contribution is -2.29. The number of aryl methyl sites for hydroxylation is 2. The molecule has 2 heterocycles. The molecule has 0 saturated carbocycles. The number of amides is 1. The highest BCUT2D eigenvalue weighted by Crippen LogP contribution is 2.45. The number of rotatable bonds is 4. The maximum absolute atomic E-state index is 14.0. The predicted molar refractivity (Wildman–Crippen MR) is 118 cm³/mol. The van der Waals surface area contributed by atoms with Crippen LogP contribution in [0.2, 0.25) is 0 Å². The summed E-state index contributed by atoms with van der Waals surface area (Å²) in [7, 11) is 1.39. The molecule has 1 fully saturated rings. The van der Waals surface area contributed by atoms with Crippen LogP contribution in [0.15, 0.2) is 59.5 Å². The summed E-state index contributed by atoms with van der Waals surface area (Å²) in [4.78, 5) is 28.4. The fourth-order valence-corrected chi connectivity index (χ4v) is 4.82. The number of anilines is 1. The molecule has 4 rings (SSSR count). The topological polar surface area (TPSA) is 66.8 Å². The molecule has 1 saturated heterocycles. The maximum Gasteiger partial charge on any atom is 0.300 e. The van der Waals surface area contributed by atoms with E-state index in [1.54, 1.807) is 12.1 Å². The molecule has 5 nitrogen and oxygen atoms in total. The zero-order valence-electron chi connectivity index (χ0n) is 17.2. The number of ketones is 1. The summed E-state index contributed by atoms with van der Waals surface area (Å²) in [5, 5.41) is 13.0. The Labute approximate surface area is 183 Å². The summed E-state index contributed by atoms with van der Waals surface area (Å²) in [6.45, 7) is 3.77. The minimum atomic E-state index is -0.838. The molecule has 1 N–H and O–H groups in total. The number of benzene rings is 2. The highest BCUT2D eigenvalue weighted by molar-refractivity contribution is 7.10. The lowest BCUT2D eigenvalue weighted by Gasteiger charge is -2.25. The van der Waals surface area contributed by atoms with Crippen molar-refractivity contribution in [3.63, 3.8) is 0 Å². The molecule has 1 aliphatic rings. The summed E-state index contributed by atoms with van der Waals surface area (Å²) >= 11 is 1.39. The third-order valence-electron chi connectivity index (χ3n) is 5.29. The first-order chi connectivity index (χ1) is 14.8. The lowest BCUT2D eigenvalue weighted by molar-refractivity contribution is -0.132. The van der Waals surface area contributed by atoms with Gasteiger partial charge in [0, 0.05) is 10.6 Å².